The molecule has 0 unspecified atom stereocenters. The summed E-state index contributed by atoms with van der Waals surface area (Å²) in [4.78, 5) is 6.56. The number of aromatic nitrogens is 2. The number of nitrogens with two attached hydrogens (primary N) is 1. The number of imidazole rings is 1. The molecule has 2 heterocycles. The van der Waals surface area contributed by atoms with Crippen LogP contribution in [0.15, 0.2) is 35.7 Å². The summed E-state index contributed by atoms with van der Waals surface area (Å²) in [6.07, 6.45) is 3.95. The molecule has 96 valence electrons. The van der Waals surface area contributed by atoms with Gasteiger partial charge in [-0.1, -0.05) is 18.1 Å². The molecule has 0 bridgehead atoms. The topological polar surface area (TPSA) is 79.1 Å². The maximum Gasteiger partial charge on any atom is 0.153 e. The smallest absolute Gasteiger partial charge is 0.153 e. The molecule has 0 fully saturated rings. The van der Waals surface area contributed by atoms with E-state index < -0.39 is 0 Å². The van der Waals surface area contributed by atoms with Crippen LogP contribution in [-0.2, 0) is 6.54 Å². The lowest BCUT2D eigenvalue weighted by Gasteiger charge is -2.17. The Morgan fingerprint density at radius 2 is 2.39 bits per heavy atom. The molecular weight excluding hydrogens is 230 g/mol. The van der Waals surface area contributed by atoms with Gasteiger partial charge in [-0.2, -0.15) is 0 Å². The maximum atomic E-state index is 8.58. The van der Waals surface area contributed by atoms with Crippen LogP contribution in [0.2, 0.25) is 0 Å². The molecule has 18 heavy (non-hydrogen) atoms. The fraction of sp³-hybridized carbons (Fsp3) is 0.333. The second-order valence-corrected chi connectivity index (χ2v) is 4.09. The van der Waals surface area contributed by atoms with Crippen LogP contribution in [0.25, 0.3) is 5.65 Å². The summed E-state index contributed by atoms with van der Waals surface area (Å²) in [5.41, 5.74) is 7.40. The molecule has 0 aliphatic heterocycles. The van der Waals surface area contributed by atoms with Crippen molar-refractivity contribution in [2.45, 2.75) is 13.5 Å². The number of likely N-dealkylation sites (N-methyl/N-ethyl adjacent to an activating group) is 1. The van der Waals surface area contributed by atoms with Crippen molar-refractivity contribution in [2.24, 2.45) is 10.9 Å². The minimum atomic E-state index is 0.209. The van der Waals surface area contributed by atoms with E-state index in [4.69, 9.17) is 10.9 Å². The Bertz CT molecular complexity index is 515. The Morgan fingerprint density at radius 3 is 3.06 bits per heavy atom. The van der Waals surface area contributed by atoms with Gasteiger partial charge < -0.3 is 15.3 Å². The summed E-state index contributed by atoms with van der Waals surface area (Å²) >= 11 is 0. The molecule has 2 rings (SSSR count). The van der Waals surface area contributed by atoms with Gasteiger partial charge in [0.05, 0.1) is 12.2 Å². The van der Waals surface area contributed by atoms with Gasteiger partial charge in [-0.05, 0) is 18.7 Å². The quantitative estimate of drug-likeness (QED) is 0.356. The molecule has 0 atom stereocenters. The standard InChI is InChI=1S/C12H17N5O/c1-2-16(9-11(13)15-18)7-10-8-17-6-4-3-5-12(17)14-10/h3-6,8,18H,2,7,9H2,1H3,(H2,13,15). The first-order valence-electron chi connectivity index (χ1n) is 5.84. The van der Waals surface area contributed by atoms with Gasteiger partial charge in [0, 0.05) is 18.9 Å². The fourth-order valence-electron chi connectivity index (χ4n) is 1.83. The summed E-state index contributed by atoms with van der Waals surface area (Å²) in [7, 11) is 0. The fourth-order valence-corrected chi connectivity index (χ4v) is 1.83. The molecule has 2 aromatic heterocycles. The third-order valence-electron chi connectivity index (χ3n) is 2.76. The van der Waals surface area contributed by atoms with Crippen molar-refractivity contribution in [3.8, 4) is 0 Å². The maximum absolute atomic E-state index is 8.58. The van der Waals surface area contributed by atoms with Crippen molar-refractivity contribution < 1.29 is 5.21 Å². The number of pyridine rings is 1. The molecule has 0 saturated carbocycles. The molecule has 0 aliphatic carbocycles. The predicted molar refractivity (Wildman–Crippen MR) is 69.6 cm³/mol. The largest absolute Gasteiger partial charge is 0.409 e. The van der Waals surface area contributed by atoms with E-state index in [1.54, 1.807) is 0 Å². The Balaban J connectivity index is 2.11. The van der Waals surface area contributed by atoms with Gasteiger partial charge in [0.1, 0.15) is 5.65 Å². The lowest BCUT2D eigenvalue weighted by molar-refractivity contribution is 0.293. The van der Waals surface area contributed by atoms with Gasteiger partial charge >= 0.3 is 0 Å². The van der Waals surface area contributed by atoms with E-state index in [9.17, 15) is 0 Å². The first-order chi connectivity index (χ1) is 8.72. The lowest BCUT2D eigenvalue weighted by Crippen LogP contribution is -2.33. The highest BCUT2D eigenvalue weighted by Crippen LogP contribution is 2.07. The van der Waals surface area contributed by atoms with Crippen molar-refractivity contribution in [2.75, 3.05) is 13.1 Å². The van der Waals surface area contributed by atoms with Crippen molar-refractivity contribution >= 4 is 11.5 Å². The number of nitrogens with zero attached hydrogens (tertiary/aromatic N) is 4. The van der Waals surface area contributed by atoms with Crippen LogP contribution in [0.5, 0.6) is 0 Å². The van der Waals surface area contributed by atoms with E-state index in [1.165, 1.54) is 0 Å². The number of oxime groups is 1. The molecule has 0 spiro atoms. The first kappa shape index (κ1) is 12.4. The Kier molecular flexibility index (Phi) is 3.78. The zero-order valence-corrected chi connectivity index (χ0v) is 10.3. The van der Waals surface area contributed by atoms with Gasteiger partial charge in [0.15, 0.2) is 5.84 Å². The van der Waals surface area contributed by atoms with Crippen LogP contribution in [0, 0.1) is 0 Å². The predicted octanol–water partition coefficient (Wildman–Crippen LogP) is 0.903. The molecule has 0 saturated heterocycles. The third-order valence-corrected chi connectivity index (χ3v) is 2.76. The molecule has 0 amide bonds. The van der Waals surface area contributed by atoms with E-state index in [1.807, 2.05) is 41.9 Å². The first-order valence-corrected chi connectivity index (χ1v) is 5.84. The Morgan fingerprint density at radius 1 is 1.56 bits per heavy atom. The second kappa shape index (κ2) is 5.50. The van der Waals surface area contributed by atoms with Crippen LogP contribution in [0.3, 0.4) is 0 Å². The summed E-state index contributed by atoms with van der Waals surface area (Å²) in [5.74, 6) is 0.209. The SMILES string of the molecule is CCN(CC(N)=NO)Cc1cn2ccccc2n1. The number of hydrogen-bond donors (Lipinski definition) is 2. The minimum Gasteiger partial charge on any atom is -0.409 e. The van der Waals surface area contributed by atoms with Crippen molar-refractivity contribution in [3.63, 3.8) is 0 Å². The van der Waals surface area contributed by atoms with Gasteiger partial charge in [0.25, 0.3) is 0 Å². The van der Waals surface area contributed by atoms with E-state index in [0.29, 0.717) is 13.1 Å². The number of amidine groups is 1. The highest BCUT2D eigenvalue weighted by atomic mass is 16.4. The van der Waals surface area contributed by atoms with E-state index in [2.05, 4.69) is 15.0 Å². The highest BCUT2D eigenvalue weighted by Gasteiger charge is 2.09. The molecule has 0 aromatic carbocycles. The number of fused-ring (bicyclic) bond motifs is 1. The summed E-state index contributed by atoms with van der Waals surface area (Å²) in [5, 5.41) is 11.6. The van der Waals surface area contributed by atoms with Crippen LogP contribution >= 0.6 is 0 Å². The average molecular weight is 247 g/mol. The average Bonchev–Trinajstić information content (AvgIpc) is 2.79. The van der Waals surface area contributed by atoms with E-state index >= 15 is 0 Å². The zero-order chi connectivity index (χ0) is 13.0. The molecule has 6 heteroatoms. The van der Waals surface area contributed by atoms with E-state index in [-0.39, 0.29) is 5.84 Å². The van der Waals surface area contributed by atoms with Crippen LogP contribution in [0.1, 0.15) is 12.6 Å². The summed E-state index contributed by atoms with van der Waals surface area (Å²) in [6.45, 7) is 3.94. The van der Waals surface area contributed by atoms with E-state index in [0.717, 1.165) is 17.9 Å². The highest BCUT2D eigenvalue weighted by molar-refractivity contribution is 5.81. The molecular formula is C12H17N5O. The minimum absolute atomic E-state index is 0.209. The number of rotatable bonds is 5. The monoisotopic (exact) mass is 247 g/mol. The van der Waals surface area contributed by atoms with Crippen LogP contribution in [-0.4, -0.2) is 38.4 Å². The Hall–Kier alpha value is -2.08. The van der Waals surface area contributed by atoms with Gasteiger partial charge in [-0.25, -0.2) is 4.98 Å². The van der Waals surface area contributed by atoms with Crippen molar-refractivity contribution in [1.29, 1.82) is 0 Å². The number of hydrogen-bond acceptors (Lipinski definition) is 4. The summed E-state index contributed by atoms with van der Waals surface area (Å²) in [6, 6.07) is 5.88. The second-order valence-electron chi connectivity index (χ2n) is 4.09. The van der Waals surface area contributed by atoms with Gasteiger partial charge in [0.2, 0.25) is 0 Å². The summed E-state index contributed by atoms with van der Waals surface area (Å²) < 4.78 is 1.98. The molecule has 6 nitrogen and oxygen atoms in total. The normalized spacial score (nSPS) is 12.4. The van der Waals surface area contributed by atoms with Crippen molar-refractivity contribution in [3.05, 3.63) is 36.3 Å². The van der Waals surface area contributed by atoms with Crippen molar-refractivity contribution in [1.82, 2.24) is 14.3 Å². The molecule has 0 radical (unpaired) electrons. The molecule has 3 N–H and O–H groups in total. The van der Waals surface area contributed by atoms with Gasteiger partial charge in [-0.15, -0.1) is 0 Å². The van der Waals surface area contributed by atoms with Crippen LogP contribution in [0.4, 0.5) is 0 Å². The van der Waals surface area contributed by atoms with Gasteiger partial charge in [-0.3, -0.25) is 4.90 Å². The molecule has 2 aromatic rings. The zero-order valence-electron chi connectivity index (χ0n) is 10.3. The lowest BCUT2D eigenvalue weighted by atomic mass is 10.4. The Labute approximate surface area is 105 Å². The third kappa shape index (κ3) is 2.78. The van der Waals surface area contributed by atoms with Crippen LogP contribution < -0.4 is 5.73 Å². The molecule has 0 aliphatic rings.